The summed E-state index contributed by atoms with van der Waals surface area (Å²) in [6, 6.07) is 17.4. The highest BCUT2D eigenvalue weighted by atomic mass is 32.2. The van der Waals surface area contributed by atoms with E-state index in [-0.39, 0.29) is 18.1 Å². The summed E-state index contributed by atoms with van der Waals surface area (Å²) < 4.78 is 38.0. The Morgan fingerprint density at radius 1 is 1.06 bits per heavy atom. The number of carbonyl (C=O) groups excluding carboxylic acids is 1. The molecule has 0 unspecified atom stereocenters. The summed E-state index contributed by atoms with van der Waals surface area (Å²) in [5.41, 5.74) is 2.09. The molecule has 1 saturated carbocycles. The van der Waals surface area contributed by atoms with Crippen LogP contribution in [0.2, 0.25) is 0 Å². The molecular weight excluding hydrogens is 430 g/mol. The van der Waals surface area contributed by atoms with Crippen molar-refractivity contribution in [1.29, 1.82) is 0 Å². The highest BCUT2D eigenvalue weighted by Gasteiger charge is 2.29. The number of esters is 1. The first-order valence-corrected chi connectivity index (χ1v) is 11.8. The third kappa shape index (κ3) is 4.84. The van der Waals surface area contributed by atoms with Gasteiger partial charge < -0.3 is 9.47 Å². The molecule has 0 saturated heterocycles. The summed E-state index contributed by atoms with van der Waals surface area (Å²) in [5, 5.41) is 4.61. The second-order valence-electron chi connectivity index (χ2n) is 7.72. The molecule has 32 heavy (non-hydrogen) atoms. The summed E-state index contributed by atoms with van der Waals surface area (Å²) in [5.74, 6) is 0.433. The number of sulfonamides is 1. The molecule has 2 aromatic carbocycles. The average Bonchev–Trinajstić information content (AvgIpc) is 3.55. The monoisotopic (exact) mass is 455 g/mol. The highest BCUT2D eigenvalue weighted by molar-refractivity contribution is 7.89. The molecule has 1 aliphatic rings. The van der Waals surface area contributed by atoms with Gasteiger partial charge in [-0.1, -0.05) is 18.2 Å². The molecular formula is C23H25N3O5S. The molecule has 0 spiro atoms. The number of aromatic nitrogens is 2. The van der Waals surface area contributed by atoms with Crippen LogP contribution in [0.5, 0.6) is 5.75 Å². The van der Waals surface area contributed by atoms with Gasteiger partial charge in [0, 0.05) is 20.0 Å². The summed E-state index contributed by atoms with van der Waals surface area (Å²) in [6.07, 6.45) is 2.17. The lowest BCUT2D eigenvalue weighted by Gasteiger charge is -2.12. The van der Waals surface area contributed by atoms with E-state index in [4.69, 9.17) is 9.47 Å². The van der Waals surface area contributed by atoms with Gasteiger partial charge in [0.1, 0.15) is 19.0 Å². The first-order valence-electron chi connectivity index (χ1n) is 10.3. The standard InChI is InChI=1S/C23H25N3O5S/c1-25(2)32(28,29)20-12-10-19(11-13-20)30-14-15-31-23(27)22-16-21(17-8-9-17)24-26(22)18-6-4-3-5-7-18/h3-7,10-13,16-17H,8-9,14-15H2,1-2H3. The molecule has 0 aliphatic heterocycles. The molecule has 0 amide bonds. The summed E-state index contributed by atoms with van der Waals surface area (Å²) in [6.45, 7) is 0.190. The molecule has 1 aromatic heterocycles. The van der Waals surface area contributed by atoms with Crippen molar-refractivity contribution in [2.75, 3.05) is 27.3 Å². The molecule has 9 heteroatoms. The van der Waals surface area contributed by atoms with Crippen molar-refractivity contribution >= 4 is 16.0 Å². The molecule has 1 aliphatic carbocycles. The van der Waals surface area contributed by atoms with E-state index in [0.29, 0.717) is 17.4 Å². The Morgan fingerprint density at radius 3 is 2.38 bits per heavy atom. The fourth-order valence-electron chi connectivity index (χ4n) is 3.18. The van der Waals surface area contributed by atoms with E-state index in [2.05, 4.69) is 5.10 Å². The van der Waals surface area contributed by atoms with E-state index in [1.54, 1.807) is 22.9 Å². The molecule has 0 N–H and O–H groups in total. The van der Waals surface area contributed by atoms with E-state index in [1.807, 2.05) is 30.3 Å². The maximum atomic E-state index is 12.7. The Labute approximate surface area is 187 Å². The van der Waals surface area contributed by atoms with Gasteiger partial charge in [-0.05, 0) is 55.3 Å². The van der Waals surface area contributed by atoms with Crippen LogP contribution in [-0.2, 0) is 14.8 Å². The van der Waals surface area contributed by atoms with Crippen molar-refractivity contribution in [3.8, 4) is 11.4 Å². The number of ether oxygens (including phenoxy) is 2. The van der Waals surface area contributed by atoms with Crippen LogP contribution in [0, 0.1) is 0 Å². The smallest absolute Gasteiger partial charge is 0.357 e. The predicted octanol–water partition coefficient (Wildman–Crippen LogP) is 3.24. The number of benzene rings is 2. The third-order valence-corrected chi connectivity index (χ3v) is 6.95. The normalized spacial score (nSPS) is 13.8. The molecule has 0 bridgehead atoms. The topological polar surface area (TPSA) is 90.7 Å². The van der Waals surface area contributed by atoms with Crippen molar-refractivity contribution < 1.29 is 22.7 Å². The SMILES string of the molecule is CN(C)S(=O)(=O)c1ccc(OCCOC(=O)c2cc(C3CC3)nn2-c2ccccc2)cc1. The maximum Gasteiger partial charge on any atom is 0.357 e. The van der Waals surface area contributed by atoms with Crippen LogP contribution in [0.1, 0.15) is 34.9 Å². The number of carbonyl (C=O) groups is 1. The van der Waals surface area contributed by atoms with Gasteiger partial charge in [-0.3, -0.25) is 0 Å². The quantitative estimate of drug-likeness (QED) is 0.363. The first kappa shape index (κ1) is 22.0. The van der Waals surface area contributed by atoms with Crippen molar-refractivity contribution in [3.63, 3.8) is 0 Å². The first-order chi connectivity index (χ1) is 15.4. The Balaban J connectivity index is 1.36. The van der Waals surface area contributed by atoms with Gasteiger partial charge in [0.05, 0.1) is 16.3 Å². The molecule has 168 valence electrons. The predicted molar refractivity (Wildman–Crippen MR) is 119 cm³/mol. The molecule has 0 radical (unpaired) electrons. The van der Waals surface area contributed by atoms with Gasteiger partial charge in [0.2, 0.25) is 10.0 Å². The number of para-hydroxylation sites is 1. The van der Waals surface area contributed by atoms with Gasteiger partial charge in [0.15, 0.2) is 5.69 Å². The van der Waals surface area contributed by atoms with Crippen LogP contribution in [-0.4, -0.2) is 55.8 Å². The summed E-state index contributed by atoms with van der Waals surface area (Å²) >= 11 is 0. The third-order valence-electron chi connectivity index (χ3n) is 5.12. The molecule has 4 rings (SSSR count). The average molecular weight is 456 g/mol. The zero-order chi connectivity index (χ0) is 22.7. The minimum absolute atomic E-state index is 0.0509. The minimum atomic E-state index is -3.49. The zero-order valence-electron chi connectivity index (χ0n) is 18.0. The Hall–Kier alpha value is -3.17. The van der Waals surface area contributed by atoms with Crippen LogP contribution >= 0.6 is 0 Å². The molecule has 8 nitrogen and oxygen atoms in total. The summed E-state index contributed by atoms with van der Waals surface area (Å²) in [7, 11) is -0.532. The molecule has 3 aromatic rings. The Kier molecular flexibility index (Phi) is 6.29. The lowest BCUT2D eigenvalue weighted by Crippen LogP contribution is -2.22. The number of hydrogen-bond donors (Lipinski definition) is 0. The van der Waals surface area contributed by atoms with Crippen molar-refractivity contribution in [2.24, 2.45) is 0 Å². The lowest BCUT2D eigenvalue weighted by atomic mass is 10.2. The maximum absolute atomic E-state index is 12.7. The van der Waals surface area contributed by atoms with Gasteiger partial charge >= 0.3 is 5.97 Å². The second-order valence-corrected chi connectivity index (χ2v) is 9.87. The van der Waals surface area contributed by atoms with Gasteiger partial charge in [-0.2, -0.15) is 5.10 Å². The van der Waals surface area contributed by atoms with E-state index in [0.717, 1.165) is 28.5 Å². The van der Waals surface area contributed by atoms with Crippen LogP contribution in [0.15, 0.2) is 65.6 Å². The molecule has 1 fully saturated rings. The molecule has 1 heterocycles. The summed E-state index contributed by atoms with van der Waals surface area (Å²) in [4.78, 5) is 12.9. The number of hydrogen-bond acceptors (Lipinski definition) is 6. The fraction of sp³-hybridized carbons (Fsp3) is 0.304. The Morgan fingerprint density at radius 2 is 1.75 bits per heavy atom. The van der Waals surface area contributed by atoms with Gasteiger partial charge in [0.25, 0.3) is 0 Å². The van der Waals surface area contributed by atoms with Crippen molar-refractivity contribution in [1.82, 2.24) is 14.1 Å². The minimum Gasteiger partial charge on any atom is -0.490 e. The van der Waals surface area contributed by atoms with Crippen molar-refractivity contribution in [2.45, 2.75) is 23.7 Å². The fourth-order valence-corrected chi connectivity index (χ4v) is 4.08. The van der Waals surface area contributed by atoms with Gasteiger partial charge in [-0.15, -0.1) is 0 Å². The highest BCUT2D eigenvalue weighted by Crippen LogP contribution is 2.39. The number of rotatable bonds is 9. The lowest BCUT2D eigenvalue weighted by molar-refractivity contribution is 0.0440. The van der Waals surface area contributed by atoms with Crippen LogP contribution in [0.4, 0.5) is 0 Å². The van der Waals surface area contributed by atoms with Crippen LogP contribution < -0.4 is 4.74 Å². The van der Waals surface area contributed by atoms with Gasteiger partial charge in [-0.25, -0.2) is 22.2 Å². The largest absolute Gasteiger partial charge is 0.490 e. The number of nitrogens with zero attached hydrogens (tertiary/aromatic N) is 3. The van der Waals surface area contributed by atoms with E-state index in [9.17, 15) is 13.2 Å². The van der Waals surface area contributed by atoms with E-state index >= 15 is 0 Å². The molecule has 0 atom stereocenters. The van der Waals surface area contributed by atoms with Crippen LogP contribution in [0.25, 0.3) is 5.69 Å². The van der Waals surface area contributed by atoms with E-state index < -0.39 is 16.0 Å². The zero-order valence-corrected chi connectivity index (χ0v) is 18.8. The van der Waals surface area contributed by atoms with Crippen molar-refractivity contribution in [3.05, 3.63) is 72.1 Å². The second kappa shape index (κ2) is 9.13. The van der Waals surface area contributed by atoms with E-state index in [1.165, 1.54) is 26.2 Å². The van der Waals surface area contributed by atoms with Crippen LogP contribution in [0.3, 0.4) is 0 Å². The Bertz CT molecular complexity index is 1180.